The van der Waals surface area contributed by atoms with Gasteiger partial charge in [-0.15, -0.1) is 0 Å². The van der Waals surface area contributed by atoms with Gasteiger partial charge in [-0.1, -0.05) is 36.4 Å². The zero-order chi connectivity index (χ0) is 17.3. The normalized spacial score (nSPS) is 16.9. The summed E-state index contributed by atoms with van der Waals surface area (Å²) in [4.78, 5) is 17.0. The first-order valence-corrected chi connectivity index (χ1v) is 8.07. The van der Waals surface area contributed by atoms with Gasteiger partial charge in [0.2, 0.25) is 5.91 Å². The number of carbonyl (C=O) groups is 1. The first kappa shape index (κ1) is 16.4. The number of rotatable bonds is 4. The van der Waals surface area contributed by atoms with Gasteiger partial charge in [-0.3, -0.25) is 9.79 Å². The number of amides is 1. The Bertz CT molecular complexity index is 794. The third kappa shape index (κ3) is 3.37. The van der Waals surface area contributed by atoms with Gasteiger partial charge in [-0.05, 0) is 55.5 Å². The fraction of sp³-hybridized carbons (Fsp3) is 0.300. The molecule has 0 radical (unpaired) electrons. The van der Waals surface area contributed by atoms with E-state index in [4.69, 9.17) is 10.7 Å². The van der Waals surface area contributed by atoms with E-state index in [0.29, 0.717) is 6.42 Å². The molecule has 0 unspecified atom stereocenters. The molecule has 3 rings (SSSR count). The van der Waals surface area contributed by atoms with Crippen molar-refractivity contribution in [2.75, 3.05) is 0 Å². The number of carbonyl (C=O) groups excluding carboxylic acids is 1. The van der Waals surface area contributed by atoms with Gasteiger partial charge in [0, 0.05) is 0 Å². The second-order valence-corrected chi connectivity index (χ2v) is 6.93. The Morgan fingerprint density at radius 1 is 1.21 bits per heavy atom. The molecule has 0 saturated carbocycles. The molecule has 1 heterocycles. The zero-order valence-corrected chi connectivity index (χ0v) is 13.9. The van der Waals surface area contributed by atoms with E-state index in [1.165, 1.54) is 17.7 Å². The van der Waals surface area contributed by atoms with Crippen LogP contribution in [0.3, 0.4) is 0 Å². The van der Waals surface area contributed by atoms with E-state index in [-0.39, 0.29) is 11.4 Å². The minimum Gasteiger partial charge on any atom is -0.369 e. The Morgan fingerprint density at radius 3 is 2.54 bits per heavy atom. The number of benzene rings is 2. The van der Waals surface area contributed by atoms with Crippen molar-refractivity contribution in [1.82, 2.24) is 0 Å². The molecule has 0 aromatic heterocycles. The Hall–Kier alpha value is -2.49. The number of hydrogen-bond donors (Lipinski definition) is 1. The molecule has 0 aliphatic carbocycles. The molecule has 0 saturated heterocycles. The topological polar surface area (TPSA) is 55.5 Å². The summed E-state index contributed by atoms with van der Waals surface area (Å²) in [6, 6.07) is 14.2. The highest BCUT2D eigenvalue weighted by Crippen LogP contribution is 2.30. The smallest absolute Gasteiger partial charge is 0.226 e. The van der Waals surface area contributed by atoms with Crippen LogP contribution in [0.1, 0.15) is 30.5 Å². The lowest BCUT2D eigenvalue weighted by atomic mass is 9.81. The van der Waals surface area contributed by atoms with Gasteiger partial charge in [-0.2, -0.15) is 0 Å². The van der Waals surface area contributed by atoms with Crippen LogP contribution in [0.2, 0.25) is 0 Å². The first-order valence-electron chi connectivity index (χ1n) is 8.07. The van der Waals surface area contributed by atoms with Gasteiger partial charge in [0.1, 0.15) is 5.82 Å². The number of aliphatic imine (C=N–C) groups is 1. The Balaban J connectivity index is 2.02. The van der Waals surface area contributed by atoms with Gasteiger partial charge < -0.3 is 5.73 Å². The molecule has 24 heavy (non-hydrogen) atoms. The van der Waals surface area contributed by atoms with Crippen molar-refractivity contribution in [3.05, 3.63) is 71.0 Å². The maximum Gasteiger partial charge on any atom is 0.226 e. The summed E-state index contributed by atoms with van der Waals surface area (Å²) in [6.45, 7) is 4.11. The van der Waals surface area contributed by atoms with Crippen LogP contribution in [0.25, 0.3) is 0 Å². The van der Waals surface area contributed by atoms with E-state index in [1.54, 1.807) is 12.1 Å². The molecule has 3 nitrogen and oxygen atoms in total. The molecule has 1 amide bonds. The summed E-state index contributed by atoms with van der Waals surface area (Å²) in [6.07, 6.45) is 1.24. The second kappa shape index (κ2) is 6.19. The van der Waals surface area contributed by atoms with Crippen molar-refractivity contribution in [2.24, 2.45) is 16.6 Å². The molecule has 0 fully saturated rings. The van der Waals surface area contributed by atoms with Crippen molar-refractivity contribution in [3.63, 3.8) is 0 Å². The molecule has 1 aliphatic rings. The molecular weight excluding hydrogens is 303 g/mol. The predicted molar refractivity (Wildman–Crippen MR) is 93.6 cm³/mol. The summed E-state index contributed by atoms with van der Waals surface area (Å²) < 4.78 is 13.1. The molecule has 1 aliphatic heterocycles. The molecule has 2 N–H and O–H groups in total. The second-order valence-electron chi connectivity index (χ2n) is 6.93. The predicted octanol–water partition coefficient (Wildman–Crippen LogP) is 3.29. The van der Waals surface area contributed by atoms with Crippen LogP contribution in [-0.4, -0.2) is 17.2 Å². The summed E-state index contributed by atoms with van der Waals surface area (Å²) in [5, 5.41) is 0. The van der Waals surface area contributed by atoms with Crippen LogP contribution in [0.5, 0.6) is 0 Å². The van der Waals surface area contributed by atoms with Crippen molar-refractivity contribution in [1.29, 1.82) is 0 Å². The molecule has 2 aromatic rings. The lowest BCUT2D eigenvalue weighted by Gasteiger charge is -2.31. The number of fused-ring (bicyclic) bond motifs is 1. The van der Waals surface area contributed by atoms with Crippen molar-refractivity contribution in [3.8, 4) is 0 Å². The number of nitrogens with two attached hydrogens (primary N) is 1. The maximum absolute atomic E-state index is 13.1. The summed E-state index contributed by atoms with van der Waals surface area (Å²) >= 11 is 0. The number of primary amides is 1. The van der Waals surface area contributed by atoms with E-state index < -0.39 is 11.8 Å². The quantitative estimate of drug-likeness (QED) is 0.922. The van der Waals surface area contributed by atoms with Gasteiger partial charge in [-0.25, -0.2) is 4.39 Å². The molecule has 0 bridgehead atoms. The van der Waals surface area contributed by atoms with E-state index in [2.05, 4.69) is 19.9 Å². The lowest BCUT2D eigenvalue weighted by molar-refractivity contribution is -0.119. The first-order chi connectivity index (χ1) is 11.4. The minimum absolute atomic E-state index is 0.278. The third-order valence-corrected chi connectivity index (χ3v) is 4.37. The molecule has 0 spiro atoms. The van der Waals surface area contributed by atoms with Crippen molar-refractivity contribution >= 4 is 11.6 Å². The van der Waals surface area contributed by atoms with Gasteiger partial charge in [0.15, 0.2) is 0 Å². The van der Waals surface area contributed by atoms with E-state index >= 15 is 0 Å². The highest BCUT2D eigenvalue weighted by molar-refractivity contribution is 6.14. The Labute approximate surface area is 141 Å². The van der Waals surface area contributed by atoms with Crippen LogP contribution in [0, 0.1) is 11.7 Å². The fourth-order valence-electron chi connectivity index (χ4n) is 3.27. The minimum atomic E-state index is -0.531. The zero-order valence-electron chi connectivity index (χ0n) is 13.9. The third-order valence-electron chi connectivity index (χ3n) is 4.37. The Morgan fingerprint density at radius 2 is 1.88 bits per heavy atom. The van der Waals surface area contributed by atoms with Crippen LogP contribution in [0.4, 0.5) is 4.39 Å². The Kier molecular flexibility index (Phi) is 4.22. The van der Waals surface area contributed by atoms with Crippen LogP contribution < -0.4 is 5.73 Å². The van der Waals surface area contributed by atoms with Crippen LogP contribution in [-0.2, 0) is 17.6 Å². The molecule has 4 heteroatoms. The summed E-state index contributed by atoms with van der Waals surface area (Å²) in [5.41, 5.74) is 9.19. The van der Waals surface area contributed by atoms with Crippen molar-refractivity contribution in [2.45, 2.75) is 32.2 Å². The SMILES string of the molecule is CC1(C)Cc2ccccc2C([C@@H](Cc2ccc(F)cc2)C(N)=O)=N1. The van der Waals surface area contributed by atoms with E-state index in [9.17, 15) is 9.18 Å². The average Bonchev–Trinajstić information content (AvgIpc) is 2.52. The highest BCUT2D eigenvalue weighted by Gasteiger charge is 2.32. The van der Waals surface area contributed by atoms with Gasteiger partial charge >= 0.3 is 0 Å². The molecule has 1 atom stereocenters. The van der Waals surface area contributed by atoms with Crippen LogP contribution >= 0.6 is 0 Å². The molecular formula is C20H21FN2O. The largest absolute Gasteiger partial charge is 0.369 e. The average molecular weight is 324 g/mol. The monoisotopic (exact) mass is 324 g/mol. The van der Waals surface area contributed by atoms with Crippen LogP contribution in [0.15, 0.2) is 53.5 Å². The fourth-order valence-corrected chi connectivity index (χ4v) is 3.27. The molecule has 2 aromatic carbocycles. The molecule has 124 valence electrons. The number of hydrogen-bond acceptors (Lipinski definition) is 2. The van der Waals surface area contributed by atoms with Gasteiger partial charge in [0.25, 0.3) is 0 Å². The van der Waals surface area contributed by atoms with E-state index in [1.807, 2.05) is 18.2 Å². The van der Waals surface area contributed by atoms with E-state index in [0.717, 1.165) is 23.3 Å². The summed E-state index contributed by atoms with van der Waals surface area (Å²) in [7, 11) is 0. The van der Waals surface area contributed by atoms with Crippen molar-refractivity contribution < 1.29 is 9.18 Å². The van der Waals surface area contributed by atoms with Gasteiger partial charge in [0.05, 0.1) is 17.2 Å². The lowest BCUT2D eigenvalue weighted by Crippen LogP contribution is -2.38. The highest BCUT2D eigenvalue weighted by atomic mass is 19.1. The number of nitrogens with zero attached hydrogens (tertiary/aromatic N) is 1. The number of halogens is 1. The maximum atomic E-state index is 13.1. The standard InChI is InChI=1S/C20H21FN2O/c1-20(2)12-14-5-3-4-6-16(14)18(23-20)17(19(22)24)11-13-7-9-15(21)10-8-13/h3-10,17H,11-12H2,1-2H3,(H2,22,24)/t17-/m1/s1. The summed E-state index contributed by atoms with van der Waals surface area (Å²) in [5.74, 6) is -1.24.